The predicted molar refractivity (Wildman–Crippen MR) is 64.3 cm³/mol. The van der Waals surface area contributed by atoms with Crippen LogP contribution in [0.4, 0.5) is 8.78 Å². The average molecular weight is 254 g/mol. The molecule has 1 heterocycles. The number of nitrogens with one attached hydrogen (secondary N) is 1. The Labute approximate surface area is 105 Å². The van der Waals surface area contributed by atoms with Crippen LogP contribution in [-0.4, -0.2) is 37.0 Å². The van der Waals surface area contributed by atoms with Gasteiger partial charge >= 0.3 is 0 Å². The number of amides is 1. The predicted octanol–water partition coefficient (Wildman–Crippen LogP) is 1.79. The Morgan fingerprint density at radius 3 is 3.00 bits per heavy atom. The number of rotatable bonds is 3. The molecule has 1 atom stereocenters. The van der Waals surface area contributed by atoms with Crippen molar-refractivity contribution < 1.29 is 13.6 Å². The van der Waals surface area contributed by atoms with Crippen molar-refractivity contribution in [3.05, 3.63) is 35.4 Å². The third-order valence-electron chi connectivity index (χ3n) is 3.26. The molecule has 1 saturated heterocycles. The number of benzene rings is 1. The van der Waals surface area contributed by atoms with Gasteiger partial charge in [0.2, 0.25) is 0 Å². The maximum atomic E-state index is 13.6. The van der Waals surface area contributed by atoms with E-state index < -0.39 is 17.5 Å². The summed E-state index contributed by atoms with van der Waals surface area (Å²) in [7, 11) is 1.81. The molecule has 98 valence electrons. The van der Waals surface area contributed by atoms with Crippen LogP contribution >= 0.6 is 0 Å². The molecular formula is C13H16F2N2O. The minimum Gasteiger partial charge on any atom is -0.334 e. The van der Waals surface area contributed by atoms with Crippen molar-refractivity contribution in [1.29, 1.82) is 0 Å². The third kappa shape index (κ3) is 2.36. The van der Waals surface area contributed by atoms with Gasteiger partial charge in [0.1, 0.15) is 0 Å². The van der Waals surface area contributed by atoms with Crippen LogP contribution in [0.1, 0.15) is 23.2 Å². The number of likely N-dealkylation sites (tertiary alicyclic amines) is 1. The molecule has 1 aromatic rings. The van der Waals surface area contributed by atoms with Gasteiger partial charge in [-0.3, -0.25) is 4.79 Å². The van der Waals surface area contributed by atoms with Crippen molar-refractivity contribution in [2.45, 2.75) is 18.9 Å². The summed E-state index contributed by atoms with van der Waals surface area (Å²) in [5.41, 5.74) is -0.182. The number of hydrogen-bond donors (Lipinski definition) is 1. The summed E-state index contributed by atoms with van der Waals surface area (Å²) in [6.07, 6.45) is 1.79. The topological polar surface area (TPSA) is 32.3 Å². The summed E-state index contributed by atoms with van der Waals surface area (Å²) in [6.45, 7) is 1.27. The van der Waals surface area contributed by atoms with Gasteiger partial charge in [-0.25, -0.2) is 8.78 Å². The summed E-state index contributed by atoms with van der Waals surface area (Å²) in [5.74, 6) is -2.47. The lowest BCUT2D eigenvalue weighted by molar-refractivity contribution is 0.0731. The Morgan fingerprint density at radius 1 is 1.50 bits per heavy atom. The van der Waals surface area contributed by atoms with Crippen LogP contribution in [-0.2, 0) is 0 Å². The van der Waals surface area contributed by atoms with E-state index in [1.54, 1.807) is 4.90 Å². The quantitative estimate of drug-likeness (QED) is 0.892. The Morgan fingerprint density at radius 2 is 2.28 bits per heavy atom. The highest BCUT2D eigenvalue weighted by atomic mass is 19.2. The Bertz CT molecular complexity index is 451. The van der Waals surface area contributed by atoms with Crippen molar-refractivity contribution in [2.24, 2.45) is 0 Å². The molecule has 18 heavy (non-hydrogen) atoms. The first kappa shape index (κ1) is 13.0. The summed E-state index contributed by atoms with van der Waals surface area (Å²) in [4.78, 5) is 13.8. The van der Waals surface area contributed by atoms with E-state index in [4.69, 9.17) is 0 Å². The normalized spacial score (nSPS) is 19.3. The minimum absolute atomic E-state index is 0.0603. The second-order valence-corrected chi connectivity index (χ2v) is 4.45. The molecule has 0 spiro atoms. The number of carbonyl (C=O) groups excluding carboxylic acids is 1. The van der Waals surface area contributed by atoms with Gasteiger partial charge in [0.15, 0.2) is 11.6 Å². The molecule has 1 aromatic carbocycles. The van der Waals surface area contributed by atoms with Crippen LogP contribution in [0, 0.1) is 11.6 Å². The monoisotopic (exact) mass is 254 g/mol. The van der Waals surface area contributed by atoms with Crippen LogP contribution in [0.3, 0.4) is 0 Å². The van der Waals surface area contributed by atoms with Gasteiger partial charge < -0.3 is 10.2 Å². The van der Waals surface area contributed by atoms with Crippen molar-refractivity contribution in [1.82, 2.24) is 10.2 Å². The highest BCUT2D eigenvalue weighted by Crippen LogP contribution is 2.21. The lowest BCUT2D eigenvalue weighted by atomic mass is 10.1. The van der Waals surface area contributed by atoms with E-state index in [0.717, 1.165) is 18.9 Å². The zero-order chi connectivity index (χ0) is 13.1. The van der Waals surface area contributed by atoms with E-state index in [0.29, 0.717) is 13.1 Å². The summed E-state index contributed by atoms with van der Waals surface area (Å²) in [6, 6.07) is 3.76. The summed E-state index contributed by atoms with van der Waals surface area (Å²) < 4.78 is 26.7. The fourth-order valence-electron chi connectivity index (χ4n) is 2.37. The maximum absolute atomic E-state index is 13.6. The molecule has 1 aliphatic rings. The van der Waals surface area contributed by atoms with E-state index in [9.17, 15) is 13.6 Å². The van der Waals surface area contributed by atoms with Gasteiger partial charge in [-0.05, 0) is 32.0 Å². The molecule has 0 bridgehead atoms. The highest BCUT2D eigenvalue weighted by Gasteiger charge is 2.30. The van der Waals surface area contributed by atoms with Gasteiger partial charge in [-0.2, -0.15) is 0 Å². The lowest BCUT2D eigenvalue weighted by Gasteiger charge is -2.24. The second-order valence-electron chi connectivity index (χ2n) is 4.45. The Hall–Kier alpha value is -1.49. The van der Waals surface area contributed by atoms with Gasteiger partial charge in [-0.1, -0.05) is 6.07 Å². The van der Waals surface area contributed by atoms with E-state index in [-0.39, 0.29) is 11.6 Å². The fourth-order valence-corrected chi connectivity index (χ4v) is 2.37. The zero-order valence-electron chi connectivity index (χ0n) is 10.2. The Balaban J connectivity index is 2.23. The van der Waals surface area contributed by atoms with Crippen LogP contribution in [0.5, 0.6) is 0 Å². The van der Waals surface area contributed by atoms with Crippen molar-refractivity contribution >= 4 is 5.91 Å². The number of nitrogens with zero attached hydrogens (tertiary/aromatic N) is 1. The first-order valence-electron chi connectivity index (χ1n) is 6.04. The van der Waals surface area contributed by atoms with Crippen molar-refractivity contribution in [3.63, 3.8) is 0 Å². The molecule has 2 rings (SSSR count). The number of likely N-dealkylation sites (N-methyl/N-ethyl adjacent to an activating group) is 1. The highest BCUT2D eigenvalue weighted by molar-refractivity contribution is 5.94. The van der Waals surface area contributed by atoms with Gasteiger partial charge in [0, 0.05) is 19.1 Å². The lowest BCUT2D eigenvalue weighted by Crippen LogP contribution is -2.41. The van der Waals surface area contributed by atoms with Crippen molar-refractivity contribution in [2.75, 3.05) is 20.1 Å². The molecule has 1 unspecified atom stereocenters. The largest absolute Gasteiger partial charge is 0.334 e. The smallest absolute Gasteiger partial charge is 0.257 e. The number of hydrogen-bond acceptors (Lipinski definition) is 2. The Kier molecular flexibility index (Phi) is 3.91. The maximum Gasteiger partial charge on any atom is 0.257 e. The summed E-state index contributed by atoms with van der Waals surface area (Å²) in [5, 5.41) is 3.01. The van der Waals surface area contributed by atoms with Crippen LogP contribution in [0.15, 0.2) is 18.2 Å². The molecule has 0 aromatic heterocycles. The van der Waals surface area contributed by atoms with Crippen LogP contribution < -0.4 is 5.32 Å². The fraction of sp³-hybridized carbons (Fsp3) is 0.462. The third-order valence-corrected chi connectivity index (χ3v) is 3.26. The van der Waals surface area contributed by atoms with Crippen LogP contribution in [0.2, 0.25) is 0 Å². The molecule has 1 fully saturated rings. The van der Waals surface area contributed by atoms with Gasteiger partial charge in [-0.15, -0.1) is 0 Å². The molecule has 1 aliphatic heterocycles. The van der Waals surface area contributed by atoms with E-state index in [1.807, 2.05) is 7.05 Å². The first-order valence-corrected chi connectivity index (χ1v) is 6.04. The zero-order valence-corrected chi connectivity index (χ0v) is 10.2. The molecule has 1 amide bonds. The van der Waals surface area contributed by atoms with Gasteiger partial charge in [0.25, 0.3) is 5.91 Å². The first-order chi connectivity index (χ1) is 8.65. The molecule has 0 aliphatic carbocycles. The SMILES string of the molecule is CNCC1CCCN1C(=O)c1cccc(F)c1F. The molecule has 5 heteroatoms. The molecule has 0 saturated carbocycles. The van der Waals surface area contributed by atoms with Crippen molar-refractivity contribution in [3.8, 4) is 0 Å². The van der Waals surface area contributed by atoms with E-state index >= 15 is 0 Å². The minimum atomic E-state index is -1.06. The molecule has 1 N–H and O–H groups in total. The molecule has 0 radical (unpaired) electrons. The average Bonchev–Trinajstić information content (AvgIpc) is 2.80. The molecular weight excluding hydrogens is 238 g/mol. The molecule has 3 nitrogen and oxygen atoms in total. The van der Waals surface area contributed by atoms with Gasteiger partial charge in [0.05, 0.1) is 5.56 Å². The number of halogens is 2. The standard InChI is InChI=1S/C13H16F2N2O/c1-16-8-9-4-3-7-17(9)13(18)10-5-2-6-11(14)12(10)15/h2,5-6,9,16H,3-4,7-8H2,1H3. The van der Waals surface area contributed by atoms with E-state index in [1.165, 1.54) is 12.1 Å². The number of carbonyl (C=O) groups is 1. The summed E-state index contributed by atoms with van der Waals surface area (Å²) >= 11 is 0. The van der Waals surface area contributed by atoms with Crippen LogP contribution in [0.25, 0.3) is 0 Å². The van der Waals surface area contributed by atoms with E-state index in [2.05, 4.69) is 5.32 Å². The second kappa shape index (κ2) is 5.44.